The third-order valence-electron chi connectivity index (χ3n) is 3.12. The van der Waals surface area contributed by atoms with Gasteiger partial charge in [0.05, 0.1) is 6.61 Å². The van der Waals surface area contributed by atoms with E-state index in [2.05, 4.69) is 24.1 Å². The van der Waals surface area contributed by atoms with Crippen molar-refractivity contribution in [1.29, 1.82) is 0 Å². The van der Waals surface area contributed by atoms with Crippen LogP contribution in [-0.4, -0.2) is 50.3 Å². The van der Waals surface area contributed by atoms with Gasteiger partial charge in [0.25, 0.3) is 0 Å². The molecule has 0 radical (unpaired) electrons. The van der Waals surface area contributed by atoms with Crippen molar-refractivity contribution in [3.05, 3.63) is 0 Å². The molecule has 1 N–H and O–H groups in total. The second-order valence-electron chi connectivity index (χ2n) is 4.24. The highest BCUT2D eigenvalue weighted by Gasteiger charge is 2.20. The van der Waals surface area contributed by atoms with Crippen molar-refractivity contribution in [2.45, 2.75) is 39.2 Å². The number of likely N-dealkylation sites (N-methyl/N-ethyl adjacent to an activating group) is 1. The van der Waals surface area contributed by atoms with E-state index in [1.54, 1.807) is 0 Å². The fourth-order valence-electron chi connectivity index (χ4n) is 2.08. The van der Waals surface area contributed by atoms with Crippen LogP contribution in [0.4, 0.5) is 0 Å². The van der Waals surface area contributed by atoms with Gasteiger partial charge in [-0.15, -0.1) is 0 Å². The first-order chi connectivity index (χ1) is 7.38. The lowest BCUT2D eigenvalue weighted by atomic mass is 10.2. The molecule has 1 unspecified atom stereocenters. The first-order valence-corrected chi connectivity index (χ1v) is 6.41. The molecule has 1 aliphatic rings. The maximum atomic E-state index is 5.60. The highest BCUT2D eigenvalue weighted by atomic mass is 16.5. The third kappa shape index (κ3) is 4.96. The second-order valence-corrected chi connectivity index (χ2v) is 4.24. The van der Waals surface area contributed by atoms with Crippen molar-refractivity contribution in [3.63, 3.8) is 0 Å². The molecule has 3 heteroatoms. The maximum Gasteiger partial charge on any atom is 0.0593 e. The van der Waals surface area contributed by atoms with E-state index in [1.165, 1.54) is 25.8 Å². The summed E-state index contributed by atoms with van der Waals surface area (Å²) in [5.74, 6) is 0. The molecule has 1 heterocycles. The summed E-state index contributed by atoms with van der Waals surface area (Å²) < 4.78 is 5.60. The molecule has 3 nitrogen and oxygen atoms in total. The molecule has 1 aliphatic heterocycles. The van der Waals surface area contributed by atoms with E-state index in [0.29, 0.717) is 0 Å². The second kappa shape index (κ2) is 8.08. The van der Waals surface area contributed by atoms with Crippen LogP contribution in [0.5, 0.6) is 0 Å². The summed E-state index contributed by atoms with van der Waals surface area (Å²) in [7, 11) is 0. The average Bonchev–Trinajstić information content (AvgIpc) is 2.77. The van der Waals surface area contributed by atoms with Crippen molar-refractivity contribution in [2.24, 2.45) is 0 Å². The Kier molecular flexibility index (Phi) is 6.98. The maximum absolute atomic E-state index is 5.60. The minimum absolute atomic E-state index is 0.741. The molecular weight excluding hydrogens is 188 g/mol. The van der Waals surface area contributed by atoms with Crippen LogP contribution in [0.3, 0.4) is 0 Å². The smallest absolute Gasteiger partial charge is 0.0593 e. The van der Waals surface area contributed by atoms with Crippen LogP contribution in [-0.2, 0) is 4.74 Å². The highest BCUT2D eigenvalue weighted by molar-refractivity contribution is 4.79. The summed E-state index contributed by atoms with van der Waals surface area (Å²) in [5.41, 5.74) is 0. The fraction of sp³-hybridized carbons (Fsp3) is 1.00. The number of unbranched alkanes of at least 4 members (excludes halogenated alkanes) is 1. The molecule has 0 amide bonds. The van der Waals surface area contributed by atoms with Crippen LogP contribution in [0.2, 0.25) is 0 Å². The van der Waals surface area contributed by atoms with Crippen LogP contribution in [0.25, 0.3) is 0 Å². The van der Waals surface area contributed by atoms with Crippen LogP contribution >= 0.6 is 0 Å². The van der Waals surface area contributed by atoms with Crippen molar-refractivity contribution in [1.82, 2.24) is 10.2 Å². The Morgan fingerprint density at radius 1 is 1.33 bits per heavy atom. The van der Waals surface area contributed by atoms with Gasteiger partial charge in [-0.25, -0.2) is 0 Å². The van der Waals surface area contributed by atoms with Crippen LogP contribution in [0.1, 0.15) is 33.1 Å². The summed E-state index contributed by atoms with van der Waals surface area (Å²) in [6, 6.07) is 0.741. The number of hydrogen-bond acceptors (Lipinski definition) is 3. The van der Waals surface area contributed by atoms with E-state index < -0.39 is 0 Å². The highest BCUT2D eigenvalue weighted by Crippen LogP contribution is 2.07. The first kappa shape index (κ1) is 12.9. The zero-order valence-corrected chi connectivity index (χ0v) is 10.3. The topological polar surface area (TPSA) is 24.5 Å². The van der Waals surface area contributed by atoms with Gasteiger partial charge < -0.3 is 10.1 Å². The van der Waals surface area contributed by atoms with E-state index in [9.17, 15) is 0 Å². The fourth-order valence-corrected chi connectivity index (χ4v) is 2.08. The quantitative estimate of drug-likeness (QED) is 0.620. The van der Waals surface area contributed by atoms with Gasteiger partial charge in [0.2, 0.25) is 0 Å². The van der Waals surface area contributed by atoms with Gasteiger partial charge in [-0.1, -0.05) is 20.3 Å². The minimum Gasteiger partial charge on any atom is -0.380 e. The zero-order valence-electron chi connectivity index (χ0n) is 10.3. The standard InChI is InChI=1S/C12H26N2O/c1-3-5-9-15-10-8-14(4-2)12-6-7-13-11-12/h12-13H,3-11H2,1-2H3. The van der Waals surface area contributed by atoms with E-state index in [1.807, 2.05) is 0 Å². The van der Waals surface area contributed by atoms with Crippen molar-refractivity contribution in [3.8, 4) is 0 Å². The van der Waals surface area contributed by atoms with Crippen LogP contribution < -0.4 is 5.32 Å². The lowest BCUT2D eigenvalue weighted by Gasteiger charge is -2.26. The van der Waals surface area contributed by atoms with Gasteiger partial charge >= 0.3 is 0 Å². The molecule has 0 aromatic carbocycles. The van der Waals surface area contributed by atoms with Gasteiger partial charge in [-0.3, -0.25) is 4.90 Å². The van der Waals surface area contributed by atoms with E-state index >= 15 is 0 Å². The Bertz CT molecular complexity index is 147. The number of ether oxygens (including phenoxy) is 1. The number of nitrogens with one attached hydrogen (secondary N) is 1. The summed E-state index contributed by atoms with van der Waals surface area (Å²) in [5, 5.41) is 3.42. The number of hydrogen-bond donors (Lipinski definition) is 1. The molecule has 15 heavy (non-hydrogen) atoms. The molecule has 1 saturated heterocycles. The monoisotopic (exact) mass is 214 g/mol. The SMILES string of the molecule is CCCCOCCN(CC)C1CCNC1. The Balaban J connectivity index is 2.05. The molecule has 1 fully saturated rings. The summed E-state index contributed by atoms with van der Waals surface area (Å²) in [6.45, 7) is 10.8. The van der Waals surface area contributed by atoms with Gasteiger partial charge in [-0.2, -0.15) is 0 Å². The largest absolute Gasteiger partial charge is 0.380 e. The van der Waals surface area contributed by atoms with Gasteiger partial charge in [-0.05, 0) is 25.9 Å². The van der Waals surface area contributed by atoms with Gasteiger partial charge in [0.1, 0.15) is 0 Å². The van der Waals surface area contributed by atoms with E-state index in [-0.39, 0.29) is 0 Å². The lowest BCUT2D eigenvalue weighted by molar-refractivity contribution is 0.0904. The van der Waals surface area contributed by atoms with Crippen molar-refractivity contribution >= 4 is 0 Å². The molecule has 0 saturated carbocycles. The minimum atomic E-state index is 0.741. The molecular formula is C12H26N2O. The molecule has 1 rings (SSSR count). The Morgan fingerprint density at radius 2 is 2.20 bits per heavy atom. The number of rotatable bonds is 8. The van der Waals surface area contributed by atoms with Crippen molar-refractivity contribution < 1.29 is 4.74 Å². The molecule has 0 spiro atoms. The van der Waals surface area contributed by atoms with Crippen molar-refractivity contribution in [2.75, 3.05) is 39.4 Å². The number of nitrogens with zero attached hydrogens (tertiary/aromatic N) is 1. The Morgan fingerprint density at radius 3 is 2.80 bits per heavy atom. The Hall–Kier alpha value is -0.120. The molecule has 0 aliphatic carbocycles. The van der Waals surface area contributed by atoms with E-state index in [0.717, 1.165) is 38.9 Å². The predicted molar refractivity (Wildman–Crippen MR) is 64.2 cm³/mol. The van der Waals surface area contributed by atoms with Gasteiger partial charge in [0.15, 0.2) is 0 Å². The van der Waals surface area contributed by atoms with Crippen LogP contribution in [0.15, 0.2) is 0 Å². The third-order valence-corrected chi connectivity index (χ3v) is 3.12. The molecule has 0 aromatic heterocycles. The Labute approximate surface area is 94.2 Å². The molecule has 0 bridgehead atoms. The summed E-state index contributed by atoms with van der Waals surface area (Å²) in [6.07, 6.45) is 3.71. The summed E-state index contributed by atoms with van der Waals surface area (Å²) >= 11 is 0. The summed E-state index contributed by atoms with van der Waals surface area (Å²) in [4.78, 5) is 2.53. The molecule has 1 atom stereocenters. The first-order valence-electron chi connectivity index (χ1n) is 6.41. The van der Waals surface area contributed by atoms with Crippen LogP contribution in [0, 0.1) is 0 Å². The predicted octanol–water partition coefficient (Wildman–Crippen LogP) is 1.49. The average molecular weight is 214 g/mol. The zero-order chi connectivity index (χ0) is 10.9. The van der Waals surface area contributed by atoms with E-state index in [4.69, 9.17) is 4.74 Å². The van der Waals surface area contributed by atoms with Gasteiger partial charge in [0, 0.05) is 25.7 Å². The normalized spacial score (nSPS) is 21.4. The molecule has 90 valence electrons. The molecule has 0 aromatic rings. The lowest BCUT2D eigenvalue weighted by Crippen LogP contribution is -2.38.